The van der Waals surface area contributed by atoms with Crippen molar-refractivity contribution < 1.29 is 0 Å². The third-order valence-electron chi connectivity index (χ3n) is 2.18. The van der Waals surface area contributed by atoms with Gasteiger partial charge in [0, 0.05) is 5.41 Å². The van der Waals surface area contributed by atoms with Crippen LogP contribution in [0.25, 0.3) is 0 Å². The average molecular weight is 184 g/mol. The molecule has 0 radical (unpaired) electrons. The van der Waals surface area contributed by atoms with E-state index in [0.29, 0.717) is 6.04 Å². The van der Waals surface area contributed by atoms with E-state index in [0.717, 1.165) is 18.7 Å². The molecular formula is C11H24N2. The number of amidine groups is 1. The first kappa shape index (κ1) is 12.5. The highest BCUT2D eigenvalue weighted by Gasteiger charge is 2.16. The minimum Gasteiger partial charge on any atom is -0.387 e. The van der Waals surface area contributed by atoms with Gasteiger partial charge < -0.3 is 5.73 Å². The molecule has 0 saturated heterocycles. The summed E-state index contributed by atoms with van der Waals surface area (Å²) in [5.41, 5.74) is 5.92. The Morgan fingerprint density at radius 2 is 1.85 bits per heavy atom. The number of aliphatic imine (C=N–C) groups is 1. The molecule has 0 aliphatic rings. The molecule has 0 heterocycles. The van der Waals surface area contributed by atoms with Gasteiger partial charge in [0.05, 0.1) is 11.9 Å². The number of hydrogen-bond acceptors (Lipinski definition) is 1. The Morgan fingerprint density at radius 1 is 1.31 bits per heavy atom. The Balaban J connectivity index is 4.33. The molecule has 1 atom stereocenters. The van der Waals surface area contributed by atoms with Crippen LogP contribution in [0.1, 0.15) is 53.9 Å². The summed E-state index contributed by atoms with van der Waals surface area (Å²) in [5, 5.41) is 0. The third kappa shape index (κ3) is 4.91. The van der Waals surface area contributed by atoms with Gasteiger partial charge in [-0.15, -0.1) is 0 Å². The minimum atomic E-state index is 0.0150. The maximum absolute atomic E-state index is 5.91. The summed E-state index contributed by atoms with van der Waals surface area (Å²) in [4.78, 5) is 4.55. The molecule has 0 aromatic carbocycles. The summed E-state index contributed by atoms with van der Waals surface area (Å²) in [6.07, 6.45) is 3.41. The monoisotopic (exact) mass is 184 g/mol. The molecule has 0 aliphatic carbocycles. The molecule has 0 rings (SSSR count). The van der Waals surface area contributed by atoms with Gasteiger partial charge >= 0.3 is 0 Å². The van der Waals surface area contributed by atoms with E-state index in [1.165, 1.54) is 6.42 Å². The van der Waals surface area contributed by atoms with Gasteiger partial charge in [0.25, 0.3) is 0 Å². The number of rotatable bonds is 4. The van der Waals surface area contributed by atoms with Crippen LogP contribution >= 0.6 is 0 Å². The minimum absolute atomic E-state index is 0.0150. The van der Waals surface area contributed by atoms with Crippen molar-refractivity contribution in [2.75, 3.05) is 0 Å². The van der Waals surface area contributed by atoms with Crippen molar-refractivity contribution in [1.82, 2.24) is 0 Å². The maximum Gasteiger partial charge on any atom is 0.0994 e. The smallest absolute Gasteiger partial charge is 0.0994 e. The lowest BCUT2D eigenvalue weighted by molar-refractivity contribution is 0.546. The van der Waals surface area contributed by atoms with E-state index < -0.39 is 0 Å². The Kier molecular flexibility index (Phi) is 5.04. The molecule has 0 bridgehead atoms. The van der Waals surface area contributed by atoms with Gasteiger partial charge in [-0.1, -0.05) is 41.0 Å². The Labute approximate surface area is 82.6 Å². The topological polar surface area (TPSA) is 38.4 Å². The van der Waals surface area contributed by atoms with Gasteiger partial charge in [-0.2, -0.15) is 0 Å². The van der Waals surface area contributed by atoms with E-state index in [4.69, 9.17) is 5.73 Å². The van der Waals surface area contributed by atoms with Gasteiger partial charge in [0.2, 0.25) is 0 Å². The summed E-state index contributed by atoms with van der Waals surface area (Å²) >= 11 is 0. The summed E-state index contributed by atoms with van der Waals surface area (Å²) < 4.78 is 0. The van der Waals surface area contributed by atoms with Crippen molar-refractivity contribution in [3.05, 3.63) is 0 Å². The van der Waals surface area contributed by atoms with Gasteiger partial charge in [-0.3, -0.25) is 4.99 Å². The highest BCUT2D eigenvalue weighted by atomic mass is 14.9. The zero-order chi connectivity index (χ0) is 10.5. The molecule has 0 spiro atoms. The van der Waals surface area contributed by atoms with Crippen LogP contribution in [0.15, 0.2) is 4.99 Å². The molecule has 0 fully saturated rings. The van der Waals surface area contributed by atoms with Gasteiger partial charge in [-0.25, -0.2) is 0 Å². The van der Waals surface area contributed by atoms with Crippen LogP contribution < -0.4 is 5.73 Å². The van der Waals surface area contributed by atoms with E-state index in [1.807, 2.05) is 0 Å². The van der Waals surface area contributed by atoms with Gasteiger partial charge in [-0.05, 0) is 12.8 Å². The first-order chi connectivity index (χ1) is 5.91. The normalized spacial score (nSPS) is 15.9. The van der Waals surface area contributed by atoms with E-state index in [-0.39, 0.29) is 5.41 Å². The lowest BCUT2D eigenvalue weighted by Gasteiger charge is -2.20. The summed E-state index contributed by atoms with van der Waals surface area (Å²) in [6.45, 7) is 10.7. The Bertz CT molecular complexity index is 165. The lowest BCUT2D eigenvalue weighted by Crippen LogP contribution is -2.30. The third-order valence-corrected chi connectivity index (χ3v) is 2.18. The van der Waals surface area contributed by atoms with E-state index >= 15 is 0 Å². The molecule has 0 amide bonds. The van der Waals surface area contributed by atoms with Crippen molar-refractivity contribution in [2.24, 2.45) is 16.1 Å². The fourth-order valence-corrected chi connectivity index (χ4v) is 1.08. The number of hydrogen-bond donors (Lipinski definition) is 1. The van der Waals surface area contributed by atoms with Crippen LogP contribution in [0.5, 0.6) is 0 Å². The van der Waals surface area contributed by atoms with Crippen LogP contribution in [0.4, 0.5) is 0 Å². The fourth-order valence-electron chi connectivity index (χ4n) is 1.08. The van der Waals surface area contributed by atoms with Crippen molar-refractivity contribution in [3.8, 4) is 0 Å². The Morgan fingerprint density at radius 3 is 2.15 bits per heavy atom. The lowest BCUT2D eigenvalue weighted by atomic mass is 9.95. The molecule has 2 nitrogen and oxygen atoms in total. The quantitative estimate of drug-likeness (QED) is 0.529. The summed E-state index contributed by atoms with van der Waals surface area (Å²) in [6, 6.07) is 0.421. The highest BCUT2D eigenvalue weighted by molar-refractivity contribution is 5.85. The molecule has 2 heteroatoms. The molecule has 78 valence electrons. The number of nitrogens with two attached hydrogens (primary N) is 1. The van der Waals surface area contributed by atoms with Crippen LogP contribution in [0.2, 0.25) is 0 Å². The van der Waals surface area contributed by atoms with Crippen molar-refractivity contribution in [3.63, 3.8) is 0 Å². The fraction of sp³-hybridized carbons (Fsp3) is 0.909. The maximum atomic E-state index is 5.91. The van der Waals surface area contributed by atoms with E-state index in [9.17, 15) is 0 Å². The molecule has 1 unspecified atom stereocenters. The second-order valence-corrected chi connectivity index (χ2v) is 4.62. The SMILES string of the molecule is CCCC(CC)N=C(N)C(C)(C)C. The molecule has 0 saturated carbocycles. The second kappa shape index (κ2) is 5.25. The predicted molar refractivity (Wildman–Crippen MR) is 60.1 cm³/mol. The van der Waals surface area contributed by atoms with E-state index in [2.05, 4.69) is 39.6 Å². The summed E-state index contributed by atoms with van der Waals surface area (Å²) in [7, 11) is 0. The van der Waals surface area contributed by atoms with Gasteiger partial charge in [0.1, 0.15) is 0 Å². The van der Waals surface area contributed by atoms with Crippen LogP contribution in [0, 0.1) is 5.41 Å². The number of nitrogens with zero attached hydrogens (tertiary/aromatic N) is 1. The molecule has 0 aromatic rings. The standard InChI is InChI=1S/C11H24N2/c1-6-8-9(7-2)13-10(12)11(3,4)5/h9H,6-8H2,1-5H3,(H2,12,13). The average Bonchev–Trinajstić information content (AvgIpc) is 2.01. The van der Waals surface area contributed by atoms with Gasteiger partial charge in [0.15, 0.2) is 0 Å². The Hall–Kier alpha value is -0.530. The summed E-state index contributed by atoms with van der Waals surface area (Å²) in [5.74, 6) is 0.785. The molecule has 13 heavy (non-hydrogen) atoms. The highest BCUT2D eigenvalue weighted by Crippen LogP contribution is 2.15. The van der Waals surface area contributed by atoms with Crippen LogP contribution in [-0.4, -0.2) is 11.9 Å². The van der Waals surface area contributed by atoms with Crippen LogP contribution in [0.3, 0.4) is 0 Å². The largest absolute Gasteiger partial charge is 0.387 e. The molecule has 0 aliphatic heterocycles. The first-order valence-electron chi connectivity index (χ1n) is 5.25. The van der Waals surface area contributed by atoms with Crippen LogP contribution in [-0.2, 0) is 0 Å². The van der Waals surface area contributed by atoms with E-state index in [1.54, 1.807) is 0 Å². The molecular weight excluding hydrogens is 160 g/mol. The first-order valence-corrected chi connectivity index (χ1v) is 5.25. The van der Waals surface area contributed by atoms with Crippen molar-refractivity contribution in [2.45, 2.75) is 59.9 Å². The molecule has 0 aromatic heterocycles. The van der Waals surface area contributed by atoms with Crippen molar-refractivity contribution >= 4 is 5.84 Å². The zero-order valence-corrected chi connectivity index (χ0v) is 9.72. The van der Waals surface area contributed by atoms with Crippen molar-refractivity contribution in [1.29, 1.82) is 0 Å². The zero-order valence-electron chi connectivity index (χ0n) is 9.72. The molecule has 2 N–H and O–H groups in total. The predicted octanol–water partition coefficient (Wildman–Crippen LogP) is 2.97. The second-order valence-electron chi connectivity index (χ2n) is 4.62.